The van der Waals surface area contributed by atoms with Crippen molar-refractivity contribution in [2.45, 2.75) is 70.1 Å². The fraction of sp³-hybridized carbons (Fsp3) is 0.394. The molecule has 0 bridgehead atoms. The number of ether oxygens (including phenoxy) is 1. The van der Waals surface area contributed by atoms with Gasteiger partial charge >= 0.3 is 0 Å². The van der Waals surface area contributed by atoms with Crippen molar-refractivity contribution in [1.29, 1.82) is 0 Å². The minimum absolute atomic E-state index is 0.0288. The zero-order chi connectivity index (χ0) is 29.6. The lowest BCUT2D eigenvalue weighted by molar-refractivity contribution is 0.0871. The van der Waals surface area contributed by atoms with Gasteiger partial charge in [0, 0.05) is 42.4 Å². The number of amides is 1. The molecule has 3 aromatic carbocycles. The van der Waals surface area contributed by atoms with Gasteiger partial charge in [-0.2, -0.15) is 0 Å². The number of carbonyl (C=O) groups excluding carboxylic acids is 1. The van der Waals surface area contributed by atoms with E-state index in [9.17, 15) is 9.59 Å². The third-order valence-electron chi connectivity index (χ3n) is 8.78. The molecule has 218 valence electrons. The van der Waals surface area contributed by atoms with Crippen molar-refractivity contribution in [3.63, 3.8) is 0 Å². The Kier molecular flexibility index (Phi) is 5.94. The fourth-order valence-corrected chi connectivity index (χ4v) is 7.42. The first-order valence-corrected chi connectivity index (χ1v) is 14.6. The van der Waals surface area contributed by atoms with E-state index in [1.54, 1.807) is 6.20 Å². The second kappa shape index (κ2) is 9.28. The second-order valence-corrected chi connectivity index (χ2v) is 13.4. The number of piperidine rings is 1. The van der Waals surface area contributed by atoms with E-state index in [1.165, 1.54) is 6.07 Å². The van der Waals surface area contributed by atoms with Crippen LogP contribution in [0.15, 0.2) is 53.5 Å². The summed E-state index contributed by atoms with van der Waals surface area (Å²) < 4.78 is 24.2. The maximum Gasteiger partial charge on any atom is 0.257 e. The van der Waals surface area contributed by atoms with Crippen LogP contribution in [0.2, 0.25) is 0 Å². The van der Waals surface area contributed by atoms with Crippen LogP contribution in [0.25, 0.3) is 27.4 Å². The highest BCUT2D eigenvalue weighted by Crippen LogP contribution is 2.48. The Morgan fingerprint density at radius 3 is 2.45 bits per heavy atom. The predicted octanol–water partition coefficient (Wildman–Crippen LogP) is 4.97. The smallest absolute Gasteiger partial charge is 0.257 e. The molecule has 0 saturated carbocycles. The fourth-order valence-electron chi connectivity index (χ4n) is 7.42. The average Bonchev–Trinajstić information content (AvgIpc) is 3.32. The van der Waals surface area contributed by atoms with Gasteiger partial charge in [0.1, 0.15) is 16.8 Å². The third kappa shape index (κ3) is 4.42. The van der Waals surface area contributed by atoms with Crippen molar-refractivity contribution < 1.29 is 13.9 Å². The van der Waals surface area contributed by atoms with Gasteiger partial charge in [-0.25, -0.2) is 4.39 Å². The maximum atomic E-state index is 16.0. The van der Waals surface area contributed by atoms with Gasteiger partial charge in [0.15, 0.2) is 17.3 Å². The van der Waals surface area contributed by atoms with E-state index < -0.39 is 17.2 Å². The van der Waals surface area contributed by atoms with E-state index >= 15 is 4.39 Å². The first kappa shape index (κ1) is 26.9. The average molecular weight is 570 g/mol. The molecule has 0 aliphatic carbocycles. The number of nitrogens with two attached hydrogens (primary N) is 1. The molecule has 2 fully saturated rings. The highest BCUT2D eigenvalue weighted by molar-refractivity contribution is 6.02. The topological polar surface area (TPSA) is 102 Å². The van der Waals surface area contributed by atoms with Crippen molar-refractivity contribution in [3.05, 3.63) is 70.3 Å². The van der Waals surface area contributed by atoms with Crippen LogP contribution in [0, 0.1) is 5.82 Å². The molecular formula is C33H36FN5O3. The molecule has 3 aliphatic heterocycles. The minimum atomic E-state index is -0.570. The Balaban J connectivity index is 1.42. The Hall–Kier alpha value is -3.95. The zero-order valence-electron chi connectivity index (χ0n) is 24.4. The van der Waals surface area contributed by atoms with E-state index in [0.29, 0.717) is 48.6 Å². The second-order valence-electron chi connectivity index (χ2n) is 13.4. The highest BCUT2D eigenvalue weighted by atomic mass is 19.1. The number of fused-ring (bicyclic) bond motifs is 3. The molecule has 1 atom stereocenters. The Labute approximate surface area is 243 Å². The molecule has 42 heavy (non-hydrogen) atoms. The summed E-state index contributed by atoms with van der Waals surface area (Å²) in [7, 11) is 0. The number of hydrogen-bond donors (Lipinski definition) is 3. The molecule has 9 heteroatoms. The van der Waals surface area contributed by atoms with Crippen LogP contribution < -0.4 is 31.4 Å². The van der Waals surface area contributed by atoms with E-state index in [1.807, 2.05) is 45.9 Å². The third-order valence-corrected chi connectivity index (χ3v) is 8.78. The van der Waals surface area contributed by atoms with E-state index in [0.717, 1.165) is 17.2 Å². The van der Waals surface area contributed by atoms with Crippen LogP contribution in [0.5, 0.6) is 11.5 Å². The summed E-state index contributed by atoms with van der Waals surface area (Å²) in [6.45, 7) is 9.50. The number of aromatic nitrogens is 1. The number of pyridine rings is 1. The van der Waals surface area contributed by atoms with Crippen molar-refractivity contribution >= 4 is 33.3 Å². The van der Waals surface area contributed by atoms with Crippen LogP contribution in [0.4, 0.5) is 10.1 Å². The molecule has 1 amide bonds. The SMILES string of the molecule is CC1(C)CC(NC(=O)c2cn3c4c(c(N5CC[C@H](N)C5)c(F)cc4c2=O)Oc2cc4ccccc4cc2-3)CC(C)(C)N1. The molecule has 0 spiro atoms. The lowest BCUT2D eigenvalue weighted by Crippen LogP contribution is -2.62. The summed E-state index contributed by atoms with van der Waals surface area (Å²) in [4.78, 5) is 29.6. The standard InChI is InChI=1S/C33H36FN5O3/c1-32(2)14-21(15-33(3,4)37-32)36-31(41)23-17-39-25-11-18-7-5-6-8-19(18)12-26(25)42-30-27(39)22(29(23)40)13-24(34)28(30)38-10-9-20(35)16-38/h5-8,11-13,17,20-21,37H,9-10,14-16,35H2,1-4H3,(H,36,41)/t20-/m0/s1. The number of rotatable bonds is 3. The normalized spacial score (nSPS) is 20.9. The van der Waals surface area contributed by atoms with Crippen molar-refractivity contribution in [3.8, 4) is 17.2 Å². The molecule has 4 heterocycles. The van der Waals surface area contributed by atoms with Gasteiger partial charge in [-0.05, 0) is 75.9 Å². The summed E-state index contributed by atoms with van der Waals surface area (Å²) in [6, 6.07) is 12.8. The zero-order valence-corrected chi connectivity index (χ0v) is 24.4. The van der Waals surface area contributed by atoms with Crippen molar-refractivity contribution in [2.24, 2.45) is 5.73 Å². The Bertz CT molecular complexity index is 1830. The van der Waals surface area contributed by atoms with Gasteiger partial charge in [0.2, 0.25) is 5.43 Å². The van der Waals surface area contributed by atoms with Gasteiger partial charge in [0.25, 0.3) is 5.91 Å². The number of halogens is 1. The molecule has 7 rings (SSSR count). The molecule has 8 nitrogen and oxygen atoms in total. The molecule has 4 aromatic rings. The molecule has 1 aromatic heterocycles. The molecule has 2 saturated heterocycles. The number of hydrogen-bond acceptors (Lipinski definition) is 6. The summed E-state index contributed by atoms with van der Waals surface area (Å²) in [5.41, 5.74) is 6.67. The summed E-state index contributed by atoms with van der Waals surface area (Å²) in [6.07, 6.45) is 3.75. The van der Waals surface area contributed by atoms with Gasteiger partial charge in [-0.1, -0.05) is 24.3 Å². The minimum Gasteiger partial charge on any atom is -0.451 e. The lowest BCUT2D eigenvalue weighted by atomic mass is 9.79. The molecule has 0 unspecified atom stereocenters. The van der Waals surface area contributed by atoms with Crippen LogP contribution >= 0.6 is 0 Å². The number of nitrogens with one attached hydrogen (secondary N) is 2. The summed E-state index contributed by atoms with van der Waals surface area (Å²) in [5.74, 6) is -0.240. The molecule has 0 radical (unpaired) electrons. The van der Waals surface area contributed by atoms with Crippen LogP contribution in [-0.4, -0.2) is 46.7 Å². The first-order chi connectivity index (χ1) is 19.9. The molecule has 3 aliphatic rings. The monoisotopic (exact) mass is 569 g/mol. The number of anilines is 1. The maximum absolute atomic E-state index is 16.0. The summed E-state index contributed by atoms with van der Waals surface area (Å²) >= 11 is 0. The highest BCUT2D eigenvalue weighted by Gasteiger charge is 2.39. The van der Waals surface area contributed by atoms with Crippen molar-refractivity contribution in [1.82, 2.24) is 15.2 Å². The number of nitrogens with zero attached hydrogens (tertiary/aromatic N) is 2. The van der Waals surface area contributed by atoms with Gasteiger partial charge in [0.05, 0.1) is 11.1 Å². The van der Waals surface area contributed by atoms with Gasteiger partial charge in [-0.3, -0.25) is 9.59 Å². The van der Waals surface area contributed by atoms with Crippen LogP contribution in [0.3, 0.4) is 0 Å². The molecular weight excluding hydrogens is 533 g/mol. The van der Waals surface area contributed by atoms with Crippen molar-refractivity contribution in [2.75, 3.05) is 18.0 Å². The van der Waals surface area contributed by atoms with Gasteiger partial charge < -0.3 is 30.6 Å². The predicted molar refractivity (Wildman–Crippen MR) is 164 cm³/mol. The van der Waals surface area contributed by atoms with Crippen LogP contribution in [-0.2, 0) is 0 Å². The number of benzene rings is 3. The number of carbonyl (C=O) groups is 1. The largest absolute Gasteiger partial charge is 0.451 e. The quantitative estimate of drug-likeness (QED) is 0.284. The lowest BCUT2D eigenvalue weighted by Gasteiger charge is -2.46. The van der Waals surface area contributed by atoms with E-state index in [2.05, 4.69) is 38.3 Å². The first-order valence-electron chi connectivity index (χ1n) is 14.6. The molecule has 4 N–H and O–H groups in total. The van der Waals surface area contributed by atoms with E-state index in [4.69, 9.17) is 10.5 Å². The summed E-state index contributed by atoms with van der Waals surface area (Å²) in [5, 5.41) is 8.80. The van der Waals surface area contributed by atoms with E-state index in [-0.39, 0.29) is 39.9 Å². The van der Waals surface area contributed by atoms with Crippen LogP contribution in [0.1, 0.15) is 57.3 Å². The Morgan fingerprint density at radius 2 is 1.79 bits per heavy atom. The Morgan fingerprint density at radius 1 is 1.10 bits per heavy atom. The van der Waals surface area contributed by atoms with Gasteiger partial charge in [-0.15, -0.1) is 0 Å².